The number of pyridine rings is 1. The summed E-state index contributed by atoms with van der Waals surface area (Å²) in [6.07, 6.45) is 1.83. The van der Waals surface area contributed by atoms with Gasteiger partial charge in [-0.3, -0.25) is 4.98 Å². The molecule has 2 aromatic rings. The summed E-state index contributed by atoms with van der Waals surface area (Å²) in [7, 11) is 0. The van der Waals surface area contributed by atoms with Crippen LogP contribution in [-0.4, -0.2) is 4.98 Å². The zero-order valence-electron chi connectivity index (χ0n) is 9.73. The summed E-state index contributed by atoms with van der Waals surface area (Å²) >= 11 is 3.55. The fourth-order valence-corrected chi connectivity index (χ4v) is 2.07. The van der Waals surface area contributed by atoms with Crippen LogP contribution in [0.2, 0.25) is 0 Å². The first-order chi connectivity index (χ1) is 8.27. The van der Waals surface area contributed by atoms with Crippen LogP contribution in [0.4, 0.5) is 0 Å². The minimum absolute atomic E-state index is 0.253. The first kappa shape index (κ1) is 12.3. The third-order valence-electron chi connectivity index (χ3n) is 2.69. The molecule has 1 aromatic heterocycles. The third kappa shape index (κ3) is 3.38. The van der Waals surface area contributed by atoms with E-state index >= 15 is 0 Å². The topological polar surface area (TPSA) is 24.9 Å². The van der Waals surface area contributed by atoms with Crippen LogP contribution in [0.15, 0.2) is 53.1 Å². The molecule has 1 N–H and O–H groups in total. The van der Waals surface area contributed by atoms with Gasteiger partial charge in [0.2, 0.25) is 0 Å². The van der Waals surface area contributed by atoms with Crippen molar-refractivity contribution in [2.75, 3.05) is 0 Å². The lowest BCUT2D eigenvalue weighted by molar-refractivity contribution is 0.560. The number of nitrogens with one attached hydrogen (secondary N) is 1. The van der Waals surface area contributed by atoms with Gasteiger partial charge in [0.25, 0.3) is 0 Å². The van der Waals surface area contributed by atoms with Gasteiger partial charge in [-0.05, 0) is 30.7 Å². The Morgan fingerprint density at radius 3 is 2.65 bits per heavy atom. The molecular formula is C14H15BrN2. The van der Waals surface area contributed by atoms with Crippen molar-refractivity contribution in [3.63, 3.8) is 0 Å². The maximum Gasteiger partial charge on any atom is 0.0570 e. The van der Waals surface area contributed by atoms with Crippen LogP contribution in [0.1, 0.15) is 24.2 Å². The Kier molecular flexibility index (Phi) is 4.29. The van der Waals surface area contributed by atoms with Gasteiger partial charge in [-0.1, -0.05) is 40.2 Å². The summed E-state index contributed by atoms with van der Waals surface area (Å²) in [5, 5.41) is 3.46. The Morgan fingerprint density at radius 1 is 1.18 bits per heavy atom. The lowest BCUT2D eigenvalue weighted by Gasteiger charge is -2.13. The average molecular weight is 291 g/mol. The summed E-state index contributed by atoms with van der Waals surface area (Å²) in [4.78, 5) is 4.34. The van der Waals surface area contributed by atoms with E-state index < -0.39 is 0 Å². The normalized spacial score (nSPS) is 12.4. The Hall–Kier alpha value is -1.19. The predicted octanol–water partition coefficient (Wildman–Crippen LogP) is 3.69. The molecule has 0 fully saturated rings. The average Bonchev–Trinajstić information content (AvgIpc) is 2.38. The van der Waals surface area contributed by atoms with Crippen LogP contribution < -0.4 is 5.32 Å². The van der Waals surface area contributed by atoms with E-state index in [0.29, 0.717) is 0 Å². The molecule has 0 aliphatic heterocycles. The molecule has 0 spiro atoms. The van der Waals surface area contributed by atoms with Crippen molar-refractivity contribution in [3.8, 4) is 0 Å². The minimum atomic E-state index is 0.253. The first-order valence-electron chi connectivity index (χ1n) is 5.65. The second-order valence-electron chi connectivity index (χ2n) is 3.95. The van der Waals surface area contributed by atoms with Gasteiger partial charge in [0.1, 0.15) is 0 Å². The van der Waals surface area contributed by atoms with Crippen LogP contribution in [0.5, 0.6) is 0 Å². The van der Waals surface area contributed by atoms with Crippen molar-refractivity contribution in [2.45, 2.75) is 19.5 Å². The van der Waals surface area contributed by atoms with Crippen molar-refractivity contribution in [3.05, 3.63) is 64.4 Å². The van der Waals surface area contributed by atoms with Gasteiger partial charge in [-0.15, -0.1) is 0 Å². The van der Waals surface area contributed by atoms with Gasteiger partial charge in [0, 0.05) is 23.3 Å². The largest absolute Gasteiger partial charge is 0.305 e. The molecule has 2 rings (SSSR count). The quantitative estimate of drug-likeness (QED) is 0.929. The Bertz CT molecular complexity index is 471. The monoisotopic (exact) mass is 290 g/mol. The molecule has 0 aliphatic rings. The zero-order chi connectivity index (χ0) is 12.1. The van der Waals surface area contributed by atoms with Crippen LogP contribution >= 0.6 is 15.9 Å². The van der Waals surface area contributed by atoms with Gasteiger partial charge in [0.05, 0.1) is 5.69 Å². The lowest BCUT2D eigenvalue weighted by atomic mass is 10.2. The SMILES string of the molecule is C[C@H](NCc1ccccc1Br)c1ccccn1. The van der Waals surface area contributed by atoms with E-state index in [1.54, 1.807) is 0 Å². The number of aromatic nitrogens is 1. The molecule has 2 nitrogen and oxygen atoms in total. The summed E-state index contributed by atoms with van der Waals surface area (Å²) in [6, 6.07) is 14.5. The standard InChI is InChI=1S/C14H15BrN2/c1-11(14-8-4-5-9-16-14)17-10-12-6-2-3-7-13(12)15/h2-9,11,17H,10H2,1H3/t11-/m0/s1. The number of nitrogens with zero attached hydrogens (tertiary/aromatic N) is 1. The fourth-order valence-electron chi connectivity index (χ4n) is 1.64. The summed E-state index contributed by atoms with van der Waals surface area (Å²) in [5.41, 5.74) is 2.33. The summed E-state index contributed by atoms with van der Waals surface area (Å²) in [5.74, 6) is 0. The maximum absolute atomic E-state index is 4.34. The van der Waals surface area contributed by atoms with Crippen molar-refractivity contribution in [2.24, 2.45) is 0 Å². The molecular weight excluding hydrogens is 276 g/mol. The Morgan fingerprint density at radius 2 is 1.94 bits per heavy atom. The van der Waals surface area contributed by atoms with E-state index in [9.17, 15) is 0 Å². The molecule has 1 atom stereocenters. The molecule has 3 heteroatoms. The molecule has 0 bridgehead atoms. The van der Waals surface area contributed by atoms with Crippen LogP contribution in [0.25, 0.3) is 0 Å². The molecule has 0 aliphatic carbocycles. The van der Waals surface area contributed by atoms with Gasteiger partial charge in [-0.2, -0.15) is 0 Å². The van der Waals surface area contributed by atoms with Crippen molar-refractivity contribution in [1.29, 1.82) is 0 Å². The molecule has 1 aromatic carbocycles. The predicted molar refractivity (Wildman–Crippen MR) is 73.6 cm³/mol. The Labute approximate surface area is 110 Å². The minimum Gasteiger partial charge on any atom is -0.305 e. The van der Waals surface area contributed by atoms with E-state index in [-0.39, 0.29) is 6.04 Å². The van der Waals surface area contributed by atoms with Gasteiger partial charge in [0.15, 0.2) is 0 Å². The number of halogens is 1. The van der Waals surface area contributed by atoms with E-state index in [1.165, 1.54) is 5.56 Å². The van der Waals surface area contributed by atoms with E-state index in [4.69, 9.17) is 0 Å². The Balaban J connectivity index is 1.97. The molecule has 1 heterocycles. The van der Waals surface area contributed by atoms with Crippen molar-refractivity contribution >= 4 is 15.9 Å². The molecule has 0 radical (unpaired) electrons. The highest BCUT2D eigenvalue weighted by atomic mass is 79.9. The molecule has 17 heavy (non-hydrogen) atoms. The highest BCUT2D eigenvalue weighted by molar-refractivity contribution is 9.10. The lowest BCUT2D eigenvalue weighted by Crippen LogP contribution is -2.19. The molecule has 0 saturated heterocycles. The highest BCUT2D eigenvalue weighted by Crippen LogP contribution is 2.17. The summed E-state index contributed by atoms with van der Waals surface area (Å²) in [6.45, 7) is 2.96. The van der Waals surface area contributed by atoms with E-state index in [1.807, 2.05) is 36.5 Å². The number of benzene rings is 1. The molecule has 0 unspecified atom stereocenters. The zero-order valence-corrected chi connectivity index (χ0v) is 11.3. The van der Waals surface area contributed by atoms with E-state index in [0.717, 1.165) is 16.7 Å². The van der Waals surface area contributed by atoms with Crippen molar-refractivity contribution < 1.29 is 0 Å². The molecule has 0 amide bonds. The van der Waals surface area contributed by atoms with Crippen LogP contribution in [0.3, 0.4) is 0 Å². The van der Waals surface area contributed by atoms with Crippen LogP contribution in [-0.2, 0) is 6.54 Å². The second-order valence-corrected chi connectivity index (χ2v) is 4.80. The smallest absolute Gasteiger partial charge is 0.0570 e. The van der Waals surface area contributed by atoms with Gasteiger partial charge >= 0.3 is 0 Å². The van der Waals surface area contributed by atoms with Gasteiger partial charge < -0.3 is 5.32 Å². The first-order valence-corrected chi connectivity index (χ1v) is 6.44. The summed E-state index contributed by atoms with van der Waals surface area (Å²) < 4.78 is 1.14. The number of hydrogen-bond acceptors (Lipinski definition) is 2. The third-order valence-corrected chi connectivity index (χ3v) is 3.46. The molecule has 0 saturated carbocycles. The molecule has 88 valence electrons. The number of hydrogen-bond donors (Lipinski definition) is 1. The number of rotatable bonds is 4. The van der Waals surface area contributed by atoms with Gasteiger partial charge in [-0.25, -0.2) is 0 Å². The van der Waals surface area contributed by atoms with Crippen molar-refractivity contribution in [1.82, 2.24) is 10.3 Å². The van der Waals surface area contributed by atoms with Crippen LogP contribution in [0, 0.1) is 0 Å². The maximum atomic E-state index is 4.34. The fraction of sp³-hybridized carbons (Fsp3) is 0.214. The van der Waals surface area contributed by atoms with E-state index in [2.05, 4.69) is 45.3 Å². The highest BCUT2D eigenvalue weighted by Gasteiger charge is 2.06. The second kappa shape index (κ2) is 5.94.